The molecular formula is C13H11N3OS. The van der Waals surface area contributed by atoms with Crippen LogP contribution in [0.4, 0.5) is 5.69 Å². The van der Waals surface area contributed by atoms with Gasteiger partial charge in [0, 0.05) is 6.20 Å². The fraction of sp³-hybridized carbons (Fsp3) is 0.0769. The Labute approximate surface area is 108 Å². The smallest absolute Gasteiger partial charge is 0.0994 e. The number of hydrogen-bond acceptors (Lipinski definition) is 4. The van der Waals surface area contributed by atoms with Gasteiger partial charge in [-0.1, -0.05) is 18.2 Å². The van der Waals surface area contributed by atoms with E-state index in [9.17, 15) is 4.21 Å². The number of aromatic nitrogens is 1. The van der Waals surface area contributed by atoms with Crippen LogP contribution in [0, 0.1) is 11.3 Å². The number of nitrogen functional groups attached to an aromatic ring is 1. The molecule has 0 aliphatic rings. The molecule has 5 heteroatoms. The van der Waals surface area contributed by atoms with Gasteiger partial charge in [0.1, 0.15) is 0 Å². The number of anilines is 1. The van der Waals surface area contributed by atoms with Crippen molar-refractivity contribution in [3.8, 4) is 6.07 Å². The lowest BCUT2D eigenvalue weighted by Gasteiger charge is -2.06. The number of hydrogen-bond donors (Lipinski definition) is 1. The molecule has 0 saturated carbocycles. The minimum absolute atomic E-state index is 0.276. The van der Waals surface area contributed by atoms with Crippen LogP contribution in [0.25, 0.3) is 0 Å². The fourth-order valence-electron chi connectivity index (χ4n) is 1.58. The van der Waals surface area contributed by atoms with Gasteiger partial charge in [-0.15, -0.1) is 0 Å². The van der Waals surface area contributed by atoms with E-state index < -0.39 is 10.8 Å². The van der Waals surface area contributed by atoms with Gasteiger partial charge in [0.2, 0.25) is 0 Å². The zero-order chi connectivity index (χ0) is 13.0. The molecule has 2 N–H and O–H groups in total. The van der Waals surface area contributed by atoms with Gasteiger partial charge < -0.3 is 5.73 Å². The minimum Gasteiger partial charge on any atom is -0.396 e. The van der Waals surface area contributed by atoms with E-state index in [1.54, 1.807) is 30.5 Å². The summed E-state index contributed by atoms with van der Waals surface area (Å²) in [5, 5.41) is 8.97. The van der Waals surface area contributed by atoms with Crippen molar-refractivity contribution in [2.24, 2.45) is 0 Å². The van der Waals surface area contributed by atoms with Gasteiger partial charge in [-0.05, 0) is 17.7 Å². The van der Waals surface area contributed by atoms with Crippen LogP contribution in [-0.2, 0) is 16.6 Å². The number of nitriles is 1. The van der Waals surface area contributed by atoms with Gasteiger partial charge in [-0.2, -0.15) is 5.26 Å². The van der Waals surface area contributed by atoms with Crippen LogP contribution in [0.5, 0.6) is 0 Å². The van der Waals surface area contributed by atoms with Gasteiger partial charge in [-0.3, -0.25) is 9.19 Å². The average molecular weight is 257 g/mol. The molecule has 1 heterocycles. The maximum Gasteiger partial charge on any atom is 0.0994 e. The average Bonchev–Trinajstić information content (AvgIpc) is 2.39. The zero-order valence-corrected chi connectivity index (χ0v) is 10.4. The molecule has 0 amide bonds. The van der Waals surface area contributed by atoms with Gasteiger partial charge in [0.05, 0.1) is 45.0 Å². The topological polar surface area (TPSA) is 79.8 Å². The predicted octanol–water partition coefficient (Wildman–Crippen LogP) is 1.84. The molecule has 0 fully saturated rings. The van der Waals surface area contributed by atoms with Crippen molar-refractivity contribution in [2.45, 2.75) is 10.6 Å². The summed E-state index contributed by atoms with van der Waals surface area (Å²) in [7, 11) is -1.27. The third kappa shape index (κ3) is 2.55. The lowest BCUT2D eigenvalue weighted by Crippen LogP contribution is -2.02. The molecule has 0 aliphatic heterocycles. The highest BCUT2D eigenvalue weighted by Gasteiger charge is 2.10. The van der Waals surface area contributed by atoms with Crippen LogP contribution in [0.2, 0.25) is 0 Å². The molecule has 2 rings (SSSR count). The van der Waals surface area contributed by atoms with Crippen LogP contribution < -0.4 is 5.73 Å². The Morgan fingerprint density at radius 2 is 2.11 bits per heavy atom. The molecule has 1 unspecified atom stereocenters. The van der Waals surface area contributed by atoms with Gasteiger partial charge >= 0.3 is 0 Å². The Bertz CT molecular complexity index is 634. The molecular weight excluding hydrogens is 246 g/mol. The van der Waals surface area contributed by atoms with E-state index in [1.165, 1.54) is 6.20 Å². The first-order valence-electron chi connectivity index (χ1n) is 5.28. The lowest BCUT2D eigenvalue weighted by atomic mass is 10.1. The Kier molecular flexibility index (Phi) is 3.70. The number of rotatable bonds is 3. The number of pyridine rings is 1. The Balaban J connectivity index is 2.28. The SMILES string of the molecule is N#Cc1ccccc1CS(=O)c1ccncc1N. The molecule has 2 aromatic rings. The molecule has 1 aromatic carbocycles. The zero-order valence-electron chi connectivity index (χ0n) is 9.54. The van der Waals surface area contributed by atoms with Crippen molar-refractivity contribution >= 4 is 16.5 Å². The molecule has 0 spiro atoms. The molecule has 0 aliphatic carbocycles. The summed E-state index contributed by atoms with van der Waals surface area (Å²) in [6.07, 6.45) is 3.03. The third-order valence-corrected chi connectivity index (χ3v) is 3.92. The standard InChI is InChI=1S/C13H11N3OS/c14-7-10-3-1-2-4-11(10)9-18(17)13-5-6-16-8-12(13)15/h1-6,8H,9,15H2. The summed E-state index contributed by atoms with van der Waals surface area (Å²) in [6, 6.07) is 10.8. The molecule has 0 bridgehead atoms. The number of nitrogens with zero attached hydrogens (tertiary/aromatic N) is 2. The first-order chi connectivity index (χ1) is 8.72. The van der Waals surface area contributed by atoms with E-state index in [1.807, 2.05) is 6.07 Å². The quantitative estimate of drug-likeness (QED) is 0.909. The third-order valence-electron chi connectivity index (χ3n) is 2.48. The van der Waals surface area contributed by atoms with E-state index in [-0.39, 0.29) is 5.75 Å². The van der Waals surface area contributed by atoms with Crippen molar-refractivity contribution < 1.29 is 4.21 Å². The van der Waals surface area contributed by atoms with Crippen molar-refractivity contribution in [1.29, 1.82) is 5.26 Å². The highest BCUT2D eigenvalue weighted by Crippen LogP contribution is 2.19. The van der Waals surface area contributed by atoms with Crippen LogP contribution >= 0.6 is 0 Å². The summed E-state index contributed by atoms with van der Waals surface area (Å²) in [5.74, 6) is 0.276. The van der Waals surface area contributed by atoms with E-state index in [2.05, 4.69) is 11.1 Å². The van der Waals surface area contributed by atoms with Crippen molar-refractivity contribution in [1.82, 2.24) is 4.98 Å². The largest absolute Gasteiger partial charge is 0.396 e. The van der Waals surface area contributed by atoms with Crippen LogP contribution in [0.15, 0.2) is 47.6 Å². The van der Waals surface area contributed by atoms with Crippen LogP contribution in [0.1, 0.15) is 11.1 Å². The van der Waals surface area contributed by atoms with E-state index >= 15 is 0 Å². The second kappa shape index (κ2) is 5.43. The Morgan fingerprint density at radius 3 is 2.83 bits per heavy atom. The Hall–Kier alpha value is -2.19. The summed E-state index contributed by atoms with van der Waals surface area (Å²) in [5.41, 5.74) is 7.43. The molecule has 1 aromatic heterocycles. The molecule has 18 heavy (non-hydrogen) atoms. The second-order valence-corrected chi connectivity index (χ2v) is 5.09. The van der Waals surface area contributed by atoms with Gasteiger partial charge in [0.25, 0.3) is 0 Å². The monoisotopic (exact) mass is 257 g/mol. The fourth-order valence-corrected chi connectivity index (χ4v) is 2.79. The summed E-state index contributed by atoms with van der Waals surface area (Å²) < 4.78 is 12.2. The Morgan fingerprint density at radius 1 is 1.33 bits per heavy atom. The summed E-state index contributed by atoms with van der Waals surface area (Å²) in [4.78, 5) is 4.41. The highest BCUT2D eigenvalue weighted by molar-refractivity contribution is 7.84. The van der Waals surface area contributed by atoms with E-state index in [0.29, 0.717) is 16.1 Å². The van der Waals surface area contributed by atoms with Crippen LogP contribution in [0.3, 0.4) is 0 Å². The normalized spacial score (nSPS) is 11.7. The highest BCUT2D eigenvalue weighted by atomic mass is 32.2. The summed E-state index contributed by atoms with van der Waals surface area (Å²) in [6.45, 7) is 0. The first-order valence-corrected chi connectivity index (χ1v) is 6.60. The van der Waals surface area contributed by atoms with Gasteiger partial charge in [0.15, 0.2) is 0 Å². The molecule has 4 nitrogen and oxygen atoms in total. The number of nitrogens with two attached hydrogens (primary N) is 1. The maximum absolute atomic E-state index is 12.2. The van der Waals surface area contributed by atoms with E-state index in [4.69, 9.17) is 11.0 Å². The second-order valence-electron chi connectivity index (χ2n) is 3.67. The first kappa shape index (κ1) is 12.3. The maximum atomic E-state index is 12.2. The van der Waals surface area contributed by atoms with E-state index in [0.717, 1.165) is 5.56 Å². The number of benzene rings is 1. The molecule has 0 saturated heterocycles. The lowest BCUT2D eigenvalue weighted by molar-refractivity contribution is 0.682. The molecule has 0 radical (unpaired) electrons. The summed E-state index contributed by atoms with van der Waals surface area (Å²) >= 11 is 0. The molecule has 90 valence electrons. The predicted molar refractivity (Wildman–Crippen MR) is 69.9 cm³/mol. The van der Waals surface area contributed by atoms with Crippen molar-refractivity contribution in [3.05, 3.63) is 53.9 Å². The van der Waals surface area contributed by atoms with Crippen molar-refractivity contribution in [3.63, 3.8) is 0 Å². The van der Waals surface area contributed by atoms with Crippen LogP contribution in [-0.4, -0.2) is 9.19 Å². The van der Waals surface area contributed by atoms with Crippen molar-refractivity contribution in [2.75, 3.05) is 5.73 Å². The molecule has 1 atom stereocenters. The van der Waals surface area contributed by atoms with Gasteiger partial charge in [-0.25, -0.2) is 0 Å². The minimum atomic E-state index is -1.27.